The zero-order valence-electron chi connectivity index (χ0n) is 10.5. The van der Waals surface area contributed by atoms with Gasteiger partial charge in [-0.25, -0.2) is 0 Å². The standard InChI is InChI=1S/C13H16ClN3O/c1-9(11-3-5-12(14)6-4-11)15-8-7-13-16-10(2)17-18-13/h3-6,9,15H,7-8H2,1-2H3. The van der Waals surface area contributed by atoms with Crippen LogP contribution in [-0.4, -0.2) is 16.7 Å². The Kier molecular flexibility index (Phi) is 4.33. The lowest BCUT2D eigenvalue weighted by atomic mass is 10.1. The van der Waals surface area contributed by atoms with Crippen LogP contribution in [0.25, 0.3) is 0 Å². The summed E-state index contributed by atoms with van der Waals surface area (Å²) < 4.78 is 5.05. The molecule has 4 nitrogen and oxygen atoms in total. The van der Waals surface area contributed by atoms with E-state index in [1.807, 2.05) is 31.2 Å². The highest BCUT2D eigenvalue weighted by molar-refractivity contribution is 6.30. The molecule has 0 aliphatic rings. The Balaban J connectivity index is 1.81. The molecule has 1 aromatic carbocycles. The highest BCUT2D eigenvalue weighted by Crippen LogP contribution is 2.15. The highest BCUT2D eigenvalue weighted by Gasteiger charge is 2.06. The van der Waals surface area contributed by atoms with Crippen LogP contribution in [0.5, 0.6) is 0 Å². The molecule has 0 saturated carbocycles. The zero-order chi connectivity index (χ0) is 13.0. The van der Waals surface area contributed by atoms with Gasteiger partial charge in [0, 0.05) is 24.0 Å². The lowest BCUT2D eigenvalue weighted by Gasteiger charge is -2.13. The molecule has 1 atom stereocenters. The van der Waals surface area contributed by atoms with Crippen molar-refractivity contribution in [2.75, 3.05) is 6.54 Å². The number of hydrogen-bond donors (Lipinski definition) is 1. The minimum absolute atomic E-state index is 0.270. The second-order valence-electron chi connectivity index (χ2n) is 4.21. The summed E-state index contributed by atoms with van der Waals surface area (Å²) in [4.78, 5) is 4.16. The number of rotatable bonds is 5. The summed E-state index contributed by atoms with van der Waals surface area (Å²) in [7, 11) is 0. The number of nitrogens with zero attached hydrogens (tertiary/aromatic N) is 2. The fraction of sp³-hybridized carbons (Fsp3) is 0.385. The van der Waals surface area contributed by atoms with Crippen LogP contribution < -0.4 is 5.32 Å². The first-order valence-electron chi connectivity index (χ1n) is 5.93. The van der Waals surface area contributed by atoms with Crippen LogP contribution in [0.3, 0.4) is 0 Å². The van der Waals surface area contributed by atoms with Gasteiger partial charge in [0.15, 0.2) is 5.82 Å². The molecule has 1 aromatic heterocycles. The zero-order valence-corrected chi connectivity index (χ0v) is 11.2. The lowest BCUT2D eigenvalue weighted by molar-refractivity contribution is 0.370. The molecule has 0 saturated heterocycles. The molecule has 18 heavy (non-hydrogen) atoms. The molecule has 1 heterocycles. The second-order valence-corrected chi connectivity index (χ2v) is 4.65. The van der Waals surface area contributed by atoms with Crippen molar-refractivity contribution in [1.29, 1.82) is 0 Å². The van der Waals surface area contributed by atoms with Crippen LogP contribution in [-0.2, 0) is 6.42 Å². The quantitative estimate of drug-likeness (QED) is 0.903. The maximum atomic E-state index is 5.86. The van der Waals surface area contributed by atoms with Crippen molar-refractivity contribution >= 4 is 11.6 Å². The summed E-state index contributed by atoms with van der Waals surface area (Å²) >= 11 is 5.86. The second kappa shape index (κ2) is 5.98. The first-order chi connectivity index (χ1) is 8.65. The SMILES string of the molecule is Cc1noc(CCNC(C)c2ccc(Cl)cc2)n1. The Morgan fingerprint density at radius 1 is 1.33 bits per heavy atom. The minimum atomic E-state index is 0.270. The van der Waals surface area contributed by atoms with Gasteiger partial charge in [-0.05, 0) is 31.5 Å². The molecular formula is C13H16ClN3O. The molecule has 0 spiro atoms. The average Bonchev–Trinajstić information content (AvgIpc) is 2.76. The van der Waals surface area contributed by atoms with Gasteiger partial charge in [-0.15, -0.1) is 0 Å². The molecular weight excluding hydrogens is 250 g/mol. The first-order valence-corrected chi connectivity index (χ1v) is 6.31. The molecule has 2 rings (SSSR count). The predicted molar refractivity (Wildman–Crippen MR) is 70.6 cm³/mol. The first kappa shape index (κ1) is 13.1. The lowest BCUT2D eigenvalue weighted by Crippen LogP contribution is -2.21. The number of aryl methyl sites for hydroxylation is 1. The summed E-state index contributed by atoms with van der Waals surface area (Å²) in [6, 6.07) is 8.12. The van der Waals surface area contributed by atoms with E-state index in [0.717, 1.165) is 18.0 Å². The van der Waals surface area contributed by atoms with Crippen molar-refractivity contribution in [2.45, 2.75) is 26.3 Å². The van der Waals surface area contributed by atoms with E-state index < -0.39 is 0 Å². The molecule has 0 aliphatic heterocycles. The van der Waals surface area contributed by atoms with Crippen LogP contribution in [0.15, 0.2) is 28.8 Å². The molecule has 0 radical (unpaired) electrons. The maximum Gasteiger partial charge on any atom is 0.227 e. The average molecular weight is 266 g/mol. The Bertz CT molecular complexity index is 495. The Labute approximate surface area is 111 Å². The molecule has 0 amide bonds. The summed E-state index contributed by atoms with van der Waals surface area (Å²) in [5, 5.41) is 7.92. The normalized spacial score (nSPS) is 12.6. The van der Waals surface area contributed by atoms with Gasteiger partial charge < -0.3 is 9.84 Å². The Morgan fingerprint density at radius 2 is 2.06 bits per heavy atom. The smallest absolute Gasteiger partial charge is 0.227 e. The van der Waals surface area contributed by atoms with Gasteiger partial charge >= 0.3 is 0 Å². The summed E-state index contributed by atoms with van der Waals surface area (Å²) in [6.45, 7) is 4.73. The monoisotopic (exact) mass is 265 g/mol. The summed E-state index contributed by atoms with van der Waals surface area (Å²) in [5.74, 6) is 1.35. The number of halogens is 1. The Morgan fingerprint density at radius 3 is 2.67 bits per heavy atom. The molecule has 0 aliphatic carbocycles. The van der Waals surface area contributed by atoms with Crippen molar-refractivity contribution in [3.8, 4) is 0 Å². The van der Waals surface area contributed by atoms with Gasteiger partial charge in [-0.3, -0.25) is 0 Å². The largest absolute Gasteiger partial charge is 0.339 e. The molecule has 0 bridgehead atoms. The predicted octanol–water partition coefficient (Wildman–Crippen LogP) is 2.92. The van der Waals surface area contributed by atoms with Gasteiger partial charge in [0.25, 0.3) is 0 Å². The fourth-order valence-corrected chi connectivity index (χ4v) is 1.83. The molecule has 0 fully saturated rings. The van der Waals surface area contributed by atoms with Crippen molar-refractivity contribution in [3.63, 3.8) is 0 Å². The molecule has 96 valence electrons. The van der Waals surface area contributed by atoms with Gasteiger partial charge in [0.05, 0.1) is 0 Å². The molecule has 5 heteroatoms. The van der Waals surface area contributed by atoms with Gasteiger partial charge in [0.2, 0.25) is 5.89 Å². The highest BCUT2D eigenvalue weighted by atomic mass is 35.5. The maximum absolute atomic E-state index is 5.86. The van der Waals surface area contributed by atoms with Gasteiger partial charge in [0.1, 0.15) is 0 Å². The van der Waals surface area contributed by atoms with Crippen molar-refractivity contribution < 1.29 is 4.52 Å². The van der Waals surface area contributed by atoms with E-state index in [2.05, 4.69) is 22.4 Å². The van der Waals surface area contributed by atoms with Crippen LogP contribution in [0.1, 0.15) is 30.2 Å². The van der Waals surface area contributed by atoms with Gasteiger partial charge in [-0.1, -0.05) is 28.9 Å². The van der Waals surface area contributed by atoms with Crippen molar-refractivity contribution in [2.24, 2.45) is 0 Å². The number of aromatic nitrogens is 2. The minimum Gasteiger partial charge on any atom is -0.339 e. The summed E-state index contributed by atoms with van der Waals surface area (Å²) in [6.07, 6.45) is 0.735. The van der Waals surface area contributed by atoms with E-state index in [-0.39, 0.29) is 6.04 Å². The van der Waals surface area contributed by atoms with E-state index in [1.165, 1.54) is 5.56 Å². The number of benzene rings is 1. The van der Waals surface area contributed by atoms with Crippen molar-refractivity contribution in [1.82, 2.24) is 15.5 Å². The topological polar surface area (TPSA) is 51.0 Å². The van der Waals surface area contributed by atoms with E-state index in [9.17, 15) is 0 Å². The third kappa shape index (κ3) is 3.55. The van der Waals surface area contributed by atoms with Crippen LogP contribution in [0.4, 0.5) is 0 Å². The fourth-order valence-electron chi connectivity index (χ4n) is 1.71. The van der Waals surface area contributed by atoms with E-state index >= 15 is 0 Å². The van der Waals surface area contributed by atoms with E-state index in [4.69, 9.17) is 16.1 Å². The van der Waals surface area contributed by atoms with Gasteiger partial charge in [-0.2, -0.15) is 4.98 Å². The Hall–Kier alpha value is -1.39. The number of nitrogens with one attached hydrogen (secondary N) is 1. The third-order valence-electron chi connectivity index (χ3n) is 2.73. The third-order valence-corrected chi connectivity index (χ3v) is 2.98. The van der Waals surface area contributed by atoms with Crippen molar-refractivity contribution in [3.05, 3.63) is 46.6 Å². The summed E-state index contributed by atoms with van der Waals surface area (Å²) in [5.41, 5.74) is 1.21. The van der Waals surface area contributed by atoms with E-state index in [0.29, 0.717) is 11.7 Å². The molecule has 1 unspecified atom stereocenters. The molecule has 2 aromatic rings. The van der Waals surface area contributed by atoms with Crippen LogP contribution in [0, 0.1) is 6.92 Å². The van der Waals surface area contributed by atoms with E-state index in [1.54, 1.807) is 0 Å². The van der Waals surface area contributed by atoms with Crippen LogP contribution >= 0.6 is 11.6 Å². The molecule has 1 N–H and O–H groups in total. The van der Waals surface area contributed by atoms with Crippen LogP contribution in [0.2, 0.25) is 5.02 Å². The number of hydrogen-bond acceptors (Lipinski definition) is 4.